The summed E-state index contributed by atoms with van der Waals surface area (Å²) in [6.07, 6.45) is 1.33. The van der Waals surface area contributed by atoms with Gasteiger partial charge in [-0.1, -0.05) is 0 Å². The lowest BCUT2D eigenvalue weighted by molar-refractivity contribution is -0.389. The van der Waals surface area contributed by atoms with Crippen molar-refractivity contribution in [2.45, 2.75) is 24.0 Å². The van der Waals surface area contributed by atoms with Crippen LogP contribution in [0.1, 0.15) is 12.6 Å². The molecule has 0 saturated heterocycles. The monoisotopic (exact) mass is 308 g/mol. The smallest absolute Gasteiger partial charge is 0.322 e. The van der Waals surface area contributed by atoms with Gasteiger partial charge in [-0.05, 0) is 25.6 Å². The maximum atomic E-state index is 11.2. The van der Waals surface area contributed by atoms with Gasteiger partial charge in [0.15, 0.2) is 10.2 Å². The normalized spacial score (nSPS) is 10.4. The summed E-state index contributed by atoms with van der Waals surface area (Å²) < 4.78 is 0. The molecule has 0 amide bonds. The van der Waals surface area contributed by atoms with Crippen LogP contribution in [0.4, 0.5) is 11.6 Å². The minimum Gasteiger partial charge on any atom is -0.354 e. The highest BCUT2D eigenvalue weighted by Gasteiger charge is 2.23. The molecular formula is C11H12N6O3S. The molecule has 0 aliphatic rings. The Balaban J connectivity index is 2.48. The van der Waals surface area contributed by atoms with Crippen molar-refractivity contribution >= 4 is 23.4 Å². The molecule has 0 saturated carbocycles. The average molecular weight is 308 g/mol. The number of nitrogens with zero attached hydrogens (tertiary/aromatic N) is 4. The Morgan fingerprint density at radius 1 is 1.48 bits per heavy atom. The van der Waals surface area contributed by atoms with Gasteiger partial charge in [0.1, 0.15) is 5.69 Å². The maximum Gasteiger partial charge on any atom is 0.322 e. The number of nitrogens with one attached hydrogen (secondary N) is 2. The van der Waals surface area contributed by atoms with Gasteiger partial charge in [0.05, 0.1) is 4.92 Å². The van der Waals surface area contributed by atoms with E-state index in [1.54, 1.807) is 0 Å². The van der Waals surface area contributed by atoms with Crippen LogP contribution in [0.25, 0.3) is 0 Å². The van der Waals surface area contributed by atoms with Gasteiger partial charge >= 0.3 is 5.69 Å². The Kier molecular flexibility index (Phi) is 4.48. The van der Waals surface area contributed by atoms with Crippen LogP contribution in [-0.2, 0) is 0 Å². The minimum absolute atomic E-state index is 0.123. The Labute approximate surface area is 123 Å². The Hall–Kier alpha value is -2.49. The predicted molar refractivity (Wildman–Crippen MR) is 76.6 cm³/mol. The molecule has 2 rings (SSSR count). The van der Waals surface area contributed by atoms with Crippen LogP contribution in [0, 0.1) is 17.0 Å². The van der Waals surface area contributed by atoms with E-state index in [0.717, 1.165) is 11.8 Å². The van der Waals surface area contributed by atoms with Crippen molar-refractivity contribution < 1.29 is 4.92 Å². The molecule has 0 fully saturated rings. The number of H-pyrrole nitrogens is 1. The fourth-order valence-electron chi connectivity index (χ4n) is 1.55. The lowest BCUT2D eigenvalue weighted by atomic mass is 10.4. The zero-order valence-electron chi connectivity index (χ0n) is 11.3. The van der Waals surface area contributed by atoms with Crippen LogP contribution >= 0.6 is 11.8 Å². The van der Waals surface area contributed by atoms with Crippen LogP contribution in [-0.4, -0.2) is 31.4 Å². The summed E-state index contributed by atoms with van der Waals surface area (Å²) >= 11 is 0.911. The third-order valence-corrected chi connectivity index (χ3v) is 3.26. The molecule has 0 bridgehead atoms. The first-order chi connectivity index (χ1) is 10.0. The van der Waals surface area contributed by atoms with E-state index in [1.165, 1.54) is 19.2 Å². The first-order valence-corrected chi connectivity index (χ1v) is 6.83. The van der Waals surface area contributed by atoms with Crippen molar-refractivity contribution in [3.8, 4) is 0 Å². The van der Waals surface area contributed by atoms with Crippen LogP contribution in [0.2, 0.25) is 0 Å². The van der Waals surface area contributed by atoms with E-state index in [9.17, 15) is 14.9 Å². The molecule has 0 radical (unpaired) electrons. The summed E-state index contributed by atoms with van der Waals surface area (Å²) in [6, 6.07) is 1.26. The summed E-state index contributed by atoms with van der Waals surface area (Å²) in [4.78, 5) is 36.4. The summed E-state index contributed by atoms with van der Waals surface area (Å²) in [5, 5.41) is 14.4. The Bertz CT molecular complexity index is 732. The van der Waals surface area contributed by atoms with E-state index in [0.29, 0.717) is 12.5 Å². The van der Waals surface area contributed by atoms with Crippen molar-refractivity contribution in [1.29, 1.82) is 0 Å². The highest BCUT2D eigenvalue weighted by atomic mass is 32.2. The van der Waals surface area contributed by atoms with Crippen molar-refractivity contribution in [3.63, 3.8) is 0 Å². The van der Waals surface area contributed by atoms with Crippen molar-refractivity contribution in [2.24, 2.45) is 0 Å². The fourth-order valence-corrected chi connectivity index (χ4v) is 2.45. The summed E-state index contributed by atoms with van der Waals surface area (Å²) in [6.45, 7) is 3.98. The largest absolute Gasteiger partial charge is 0.354 e. The number of anilines is 1. The Morgan fingerprint density at radius 3 is 2.86 bits per heavy atom. The highest BCUT2D eigenvalue weighted by molar-refractivity contribution is 7.99. The van der Waals surface area contributed by atoms with Gasteiger partial charge in [-0.2, -0.15) is 4.98 Å². The second kappa shape index (κ2) is 6.31. The molecule has 2 heterocycles. The zero-order valence-corrected chi connectivity index (χ0v) is 12.1. The van der Waals surface area contributed by atoms with Gasteiger partial charge in [-0.25, -0.2) is 9.97 Å². The van der Waals surface area contributed by atoms with E-state index < -0.39 is 4.92 Å². The van der Waals surface area contributed by atoms with E-state index in [2.05, 4.69) is 25.3 Å². The number of hydrogen-bond donors (Lipinski definition) is 2. The van der Waals surface area contributed by atoms with Gasteiger partial charge < -0.3 is 10.3 Å². The summed E-state index contributed by atoms with van der Waals surface area (Å²) in [5.74, 6) is 0.293. The molecule has 0 aliphatic carbocycles. The molecule has 0 aromatic carbocycles. The van der Waals surface area contributed by atoms with Crippen LogP contribution in [0.3, 0.4) is 0 Å². The summed E-state index contributed by atoms with van der Waals surface area (Å²) in [5.41, 5.74) is -0.298. The van der Waals surface area contributed by atoms with Crippen LogP contribution < -0.4 is 10.9 Å². The molecule has 0 aliphatic heterocycles. The van der Waals surface area contributed by atoms with Crippen molar-refractivity contribution in [2.75, 3.05) is 11.9 Å². The highest BCUT2D eigenvalue weighted by Crippen LogP contribution is 2.33. The summed E-state index contributed by atoms with van der Waals surface area (Å²) in [7, 11) is 0. The third-order valence-electron chi connectivity index (χ3n) is 2.38. The molecule has 2 N–H and O–H groups in total. The topological polar surface area (TPSA) is 127 Å². The number of aromatic nitrogens is 4. The number of rotatable bonds is 5. The zero-order chi connectivity index (χ0) is 15.4. The number of aryl methyl sites for hydroxylation is 1. The molecule has 2 aromatic heterocycles. The molecular weight excluding hydrogens is 296 g/mol. The van der Waals surface area contributed by atoms with Gasteiger partial charge in [0.25, 0.3) is 5.56 Å². The molecule has 0 unspecified atom stereocenters. The van der Waals surface area contributed by atoms with Gasteiger partial charge in [0.2, 0.25) is 5.95 Å². The van der Waals surface area contributed by atoms with Crippen molar-refractivity contribution in [3.05, 3.63) is 38.4 Å². The quantitative estimate of drug-likeness (QED) is 0.367. The average Bonchev–Trinajstić information content (AvgIpc) is 2.38. The minimum atomic E-state index is -0.547. The number of hydrogen-bond acceptors (Lipinski definition) is 8. The lowest BCUT2D eigenvalue weighted by Crippen LogP contribution is -2.08. The molecule has 21 heavy (non-hydrogen) atoms. The molecule has 10 heteroatoms. The SMILES string of the molecule is CCNc1nc(C)c([N+](=O)[O-])c(Sc2nccc(=O)[nH]2)n1. The van der Waals surface area contributed by atoms with E-state index >= 15 is 0 Å². The maximum absolute atomic E-state index is 11.2. The number of aromatic amines is 1. The fraction of sp³-hybridized carbons (Fsp3) is 0.273. The first-order valence-electron chi connectivity index (χ1n) is 6.01. The Morgan fingerprint density at radius 2 is 2.24 bits per heavy atom. The van der Waals surface area contributed by atoms with Crippen LogP contribution in [0.15, 0.2) is 27.2 Å². The molecule has 110 valence electrons. The van der Waals surface area contributed by atoms with Crippen molar-refractivity contribution in [1.82, 2.24) is 19.9 Å². The van der Waals surface area contributed by atoms with Gasteiger partial charge in [-0.3, -0.25) is 14.9 Å². The lowest BCUT2D eigenvalue weighted by Gasteiger charge is -2.07. The van der Waals surface area contributed by atoms with Gasteiger partial charge in [-0.15, -0.1) is 0 Å². The third kappa shape index (κ3) is 3.54. The second-order valence-corrected chi connectivity index (χ2v) is 4.89. The molecule has 0 atom stereocenters. The molecule has 0 spiro atoms. The predicted octanol–water partition coefficient (Wildman–Crippen LogP) is 1.36. The van der Waals surface area contributed by atoms with Gasteiger partial charge in [0, 0.05) is 18.8 Å². The second-order valence-electron chi connectivity index (χ2n) is 3.92. The standard InChI is InChI=1S/C11H12N6O3S/c1-3-12-10-14-6(2)8(17(19)20)9(16-10)21-11-13-5-4-7(18)15-11/h4-5H,3H2,1-2H3,(H,12,14,16)(H,13,15,18). The number of nitro groups is 1. The van der Waals surface area contributed by atoms with E-state index in [-0.39, 0.29) is 27.1 Å². The molecule has 2 aromatic rings. The van der Waals surface area contributed by atoms with Crippen LogP contribution in [0.5, 0.6) is 0 Å². The first kappa shape index (κ1) is 14.9. The van der Waals surface area contributed by atoms with E-state index in [1.807, 2.05) is 6.92 Å². The molecule has 9 nitrogen and oxygen atoms in total. The van der Waals surface area contributed by atoms with E-state index in [4.69, 9.17) is 0 Å².